The molecule has 0 atom stereocenters. The molecule has 0 spiro atoms. The van der Waals surface area contributed by atoms with Crippen molar-refractivity contribution >= 4 is 22.5 Å². The van der Waals surface area contributed by atoms with E-state index in [1.165, 1.54) is 5.56 Å². The van der Waals surface area contributed by atoms with Gasteiger partial charge in [-0.05, 0) is 36.6 Å². The van der Waals surface area contributed by atoms with Crippen molar-refractivity contribution in [3.63, 3.8) is 0 Å². The number of anilines is 2. The fraction of sp³-hybridized carbons (Fsp3) is 0.231. The van der Waals surface area contributed by atoms with E-state index in [4.69, 9.17) is 9.97 Å². The van der Waals surface area contributed by atoms with E-state index in [-0.39, 0.29) is 5.56 Å². The van der Waals surface area contributed by atoms with Gasteiger partial charge < -0.3 is 5.32 Å². The Morgan fingerprint density at radius 2 is 1.91 bits per heavy atom. The zero-order chi connectivity index (χ0) is 23.8. The molecule has 1 aliphatic heterocycles. The lowest BCUT2D eigenvalue weighted by molar-refractivity contribution is 0.241. The van der Waals surface area contributed by atoms with Crippen LogP contribution >= 0.6 is 0 Å². The standard InChI is InChI=1S/C26H26N8O/c1-16-11-24(32-30-16)29-25-19-9-10-34(14-17-5-3-2-4-6-17)15-22(19)27-23(28-25)13-18-7-8-20-21(12-18)31-33-26(20)35/h2-8,11-12H,9-10,13-15H2,1H3,(H2,31,33,35)(H2,27,28,29,30,32). The minimum Gasteiger partial charge on any atom is -0.323 e. The molecule has 9 nitrogen and oxygen atoms in total. The zero-order valence-corrected chi connectivity index (χ0v) is 19.4. The van der Waals surface area contributed by atoms with Crippen LogP contribution in [0.2, 0.25) is 0 Å². The molecule has 0 amide bonds. The molecule has 0 saturated carbocycles. The molecule has 0 unspecified atom stereocenters. The first-order chi connectivity index (χ1) is 17.1. The monoisotopic (exact) mass is 466 g/mol. The summed E-state index contributed by atoms with van der Waals surface area (Å²) in [7, 11) is 0. The normalized spacial score (nSPS) is 13.7. The van der Waals surface area contributed by atoms with Crippen molar-refractivity contribution in [2.75, 3.05) is 11.9 Å². The maximum atomic E-state index is 11.9. The topological polar surface area (TPSA) is 118 Å². The zero-order valence-electron chi connectivity index (χ0n) is 19.4. The Hall–Kier alpha value is -4.24. The summed E-state index contributed by atoms with van der Waals surface area (Å²) in [5, 5.41) is 16.9. The molecule has 6 rings (SSSR count). The summed E-state index contributed by atoms with van der Waals surface area (Å²) < 4.78 is 0. The van der Waals surface area contributed by atoms with Crippen LogP contribution in [-0.2, 0) is 25.9 Å². The predicted molar refractivity (Wildman–Crippen MR) is 135 cm³/mol. The van der Waals surface area contributed by atoms with Crippen molar-refractivity contribution in [2.45, 2.75) is 32.9 Å². The van der Waals surface area contributed by atoms with Gasteiger partial charge in [-0.1, -0.05) is 36.4 Å². The van der Waals surface area contributed by atoms with Crippen LogP contribution in [0.1, 0.15) is 33.9 Å². The summed E-state index contributed by atoms with van der Waals surface area (Å²) >= 11 is 0. The fourth-order valence-corrected chi connectivity index (χ4v) is 4.67. The van der Waals surface area contributed by atoms with Gasteiger partial charge in [0.1, 0.15) is 11.6 Å². The van der Waals surface area contributed by atoms with Gasteiger partial charge in [0.2, 0.25) is 0 Å². The third kappa shape index (κ3) is 4.45. The fourth-order valence-electron chi connectivity index (χ4n) is 4.67. The van der Waals surface area contributed by atoms with Gasteiger partial charge in [-0.2, -0.15) is 5.10 Å². The lowest BCUT2D eigenvalue weighted by Gasteiger charge is -2.29. The molecular formula is C26H26N8O. The van der Waals surface area contributed by atoms with Crippen LogP contribution in [0, 0.1) is 6.92 Å². The molecule has 176 valence electrons. The van der Waals surface area contributed by atoms with Crippen molar-refractivity contribution in [1.29, 1.82) is 0 Å². The van der Waals surface area contributed by atoms with Crippen molar-refractivity contribution in [1.82, 2.24) is 35.3 Å². The Balaban J connectivity index is 1.33. The summed E-state index contributed by atoms with van der Waals surface area (Å²) in [6, 6.07) is 18.3. The first kappa shape index (κ1) is 21.3. The molecule has 4 heterocycles. The second-order valence-corrected chi connectivity index (χ2v) is 9.06. The van der Waals surface area contributed by atoms with E-state index in [1.807, 2.05) is 37.3 Å². The van der Waals surface area contributed by atoms with E-state index in [0.717, 1.165) is 71.5 Å². The van der Waals surface area contributed by atoms with E-state index < -0.39 is 0 Å². The van der Waals surface area contributed by atoms with Gasteiger partial charge in [-0.3, -0.25) is 25.0 Å². The number of hydrogen-bond acceptors (Lipinski definition) is 6. The number of rotatable bonds is 6. The quantitative estimate of drug-likeness (QED) is 0.304. The lowest BCUT2D eigenvalue weighted by atomic mass is 10.0. The Morgan fingerprint density at radius 3 is 2.74 bits per heavy atom. The number of nitrogens with one attached hydrogen (secondary N) is 4. The average molecular weight is 467 g/mol. The number of benzene rings is 2. The Morgan fingerprint density at radius 1 is 1.03 bits per heavy atom. The van der Waals surface area contributed by atoms with E-state index in [2.05, 4.69) is 54.9 Å². The molecule has 4 N–H and O–H groups in total. The van der Waals surface area contributed by atoms with Crippen molar-refractivity contribution in [3.8, 4) is 0 Å². The number of H-pyrrole nitrogens is 3. The molecular weight excluding hydrogens is 440 g/mol. The van der Waals surface area contributed by atoms with Crippen LogP contribution in [0.3, 0.4) is 0 Å². The van der Waals surface area contributed by atoms with Crippen LogP contribution in [-0.4, -0.2) is 41.8 Å². The summed E-state index contributed by atoms with van der Waals surface area (Å²) in [4.78, 5) is 24.2. The Kier molecular flexibility index (Phi) is 5.38. The highest BCUT2D eigenvalue weighted by molar-refractivity contribution is 5.78. The highest BCUT2D eigenvalue weighted by Crippen LogP contribution is 2.27. The Labute approximate surface area is 201 Å². The first-order valence-corrected chi connectivity index (χ1v) is 11.7. The number of aromatic amines is 3. The minimum absolute atomic E-state index is 0.115. The van der Waals surface area contributed by atoms with E-state index in [9.17, 15) is 4.79 Å². The third-order valence-electron chi connectivity index (χ3n) is 6.39. The highest BCUT2D eigenvalue weighted by Gasteiger charge is 2.23. The number of aromatic nitrogens is 6. The van der Waals surface area contributed by atoms with Crippen LogP contribution in [0.5, 0.6) is 0 Å². The molecule has 35 heavy (non-hydrogen) atoms. The van der Waals surface area contributed by atoms with E-state index >= 15 is 0 Å². The van der Waals surface area contributed by atoms with Crippen LogP contribution in [0.25, 0.3) is 10.9 Å². The van der Waals surface area contributed by atoms with E-state index in [1.54, 1.807) is 0 Å². The maximum Gasteiger partial charge on any atom is 0.271 e. The van der Waals surface area contributed by atoms with Crippen molar-refractivity contribution in [3.05, 3.63) is 98.9 Å². The largest absolute Gasteiger partial charge is 0.323 e. The average Bonchev–Trinajstić information content (AvgIpc) is 3.44. The van der Waals surface area contributed by atoms with Crippen molar-refractivity contribution < 1.29 is 0 Å². The third-order valence-corrected chi connectivity index (χ3v) is 6.39. The molecule has 9 heteroatoms. The van der Waals surface area contributed by atoms with Gasteiger partial charge in [0.05, 0.1) is 16.6 Å². The SMILES string of the molecule is Cc1cc(Nc2nc(Cc3ccc4c(=O)[nH][nH]c4c3)nc3c2CCN(Cc2ccccc2)C3)n[nH]1. The molecule has 5 aromatic rings. The summed E-state index contributed by atoms with van der Waals surface area (Å²) in [5.74, 6) is 2.29. The minimum atomic E-state index is -0.115. The molecule has 2 aromatic carbocycles. The summed E-state index contributed by atoms with van der Waals surface area (Å²) in [6.45, 7) is 4.56. The molecule has 0 saturated heterocycles. The first-order valence-electron chi connectivity index (χ1n) is 11.7. The molecule has 0 aliphatic carbocycles. The number of aryl methyl sites for hydroxylation is 1. The predicted octanol–water partition coefficient (Wildman–Crippen LogP) is 3.57. The lowest BCUT2D eigenvalue weighted by Crippen LogP contribution is -2.32. The van der Waals surface area contributed by atoms with Crippen LogP contribution in [0.15, 0.2) is 59.4 Å². The number of hydrogen-bond donors (Lipinski definition) is 4. The maximum absolute atomic E-state index is 11.9. The second kappa shape index (κ2) is 8.84. The van der Waals surface area contributed by atoms with Crippen molar-refractivity contribution in [2.24, 2.45) is 0 Å². The van der Waals surface area contributed by atoms with Crippen LogP contribution < -0.4 is 10.9 Å². The van der Waals surface area contributed by atoms with Crippen LogP contribution in [0.4, 0.5) is 11.6 Å². The van der Waals surface area contributed by atoms with E-state index in [0.29, 0.717) is 11.8 Å². The highest BCUT2D eigenvalue weighted by atomic mass is 16.1. The number of nitrogens with zero attached hydrogens (tertiary/aromatic N) is 4. The molecule has 1 aliphatic rings. The molecule has 0 fully saturated rings. The van der Waals surface area contributed by atoms with Gasteiger partial charge in [0.25, 0.3) is 5.56 Å². The molecule has 0 radical (unpaired) electrons. The summed E-state index contributed by atoms with van der Waals surface area (Å²) in [6.07, 6.45) is 1.42. The smallest absolute Gasteiger partial charge is 0.271 e. The second-order valence-electron chi connectivity index (χ2n) is 9.06. The van der Waals surface area contributed by atoms with Gasteiger partial charge in [-0.15, -0.1) is 0 Å². The van der Waals surface area contributed by atoms with Gasteiger partial charge in [0.15, 0.2) is 5.82 Å². The summed E-state index contributed by atoms with van der Waals surface area (Å²) in [5.41, 5.74) is 6.17. The molecule has 3 aromatic heterocycles. The van der Waals surface area contributed by atoms with Gasteiger partial charge in [0, 0.05) is 43.4 Å². The number of fused-ring (bicyclic) bond motifs is 2. The Bertz CT molecular complexity index is 1550. The molecule has 0 bridgehead atoms. The van der Waals surface area contributed by atoms with Gasteiger partial charge >= 0.3 is 0 Å². The van der Waals surface area contributed by atoms with Gasteiger partial charge in [-0.25, -0.2) is 9.97 Å².